The summed E-state index contributed by atoms with van der Waals surface area (Å²) in [5, 5.41) is 12.6. The molecule has 0 amide bonds. The summed E-state index contributed by atoms with van der Waals surface area (Å²) in [4.78, 5) is 2.12. The molecule has 0 heterocycles. The van der Waals surface area contributed by atoms with Crippen LogP contribution in [0.4, 0.5) is 5.69 Å². The van der Waals surface area contributed by atoms with Gasteiger partial charge in [0.05, 0.1) is 18.9 Å². The van der Waals surface area contributed by atoms with Gasteiger partial charge in [0, 0.05) is 37.3 Å². The van der Waals surface area contributed by atoms with Crippen molar-refractivity contribution in [3.63, 3.8) is 0 Å². The van der Waals surface area contributed by atoms with E-state index in [9.17, 15) is 5.11 Å². The average molecular weight is 345 g/mol. The Bertz CT molecular complexity index is 399. The zero-order chi connectivity index (χ0) is 15.0. The van der Waals surface area contributed by atoms with Gasteiger partial charge in [0.2, 0.25) is 0 Å². The lowest BCUT2D eigenvalue weighted by Gasteiger charge is -2.25. The molecule has 1 rings (SSSR count). The molecule has 0 saturated heterocycles. The van der Waals surface area contributed by atoms with Gasteiger partial charge in [0.15, 0.2) is 0 Å². The zero-order valence-corrected chi connectivity index (χ0v) is 14.1. The number of aliphatic hydroxyl groups is 1. The fourth-order valence-corrected chi connectivity index (χ4v) is 2.59. The van der Waals surface area contributed by atoms with E-state index in [1.165, 1.54) is 5.56 Å². The highest BCUT2D eigenvalue weighted by atomic mass is 79.9. The summed E-state index contributed by atoms with van der Waals surface area (Å²) < 4.78 is 6.17. The zero-order valence-electron chi connectivity index (χ0n) is 12.5. The number of benzene rings is 1. The standard InChI is InChI=1S/C15H25BrN2O2/c1-12(2)17-11-13-4-5-15(14(16)10-13)18(6-8-19)7-9-20-3/h4-5,10,12,17,19H,6-9,11H2,1-3H3. The molecule has 1 aromatic rings. The van der Waals surface area contributed by atoms with Gasteiger partial charge in [0.1, 0.15) is 0 Å². The van der Waals surface area contributed by atoms with Crippen LogP contribution in [-0.4, -0.2) is 44.6 Å². The molecular formula is C15H25BrN2O2. The van der Waals surface area contributed by atoms with Crippen molar-refractivity contribution in [2.45, 2.75) is 26.4 Å². The number of ether oxygens (including phenoxy) is 1. The van der Waals surface area contributed by atoms with Gasteiger partial charge >= 0.3 is 0 Å². The van der Waals surface area contributed by atoms with Gasteiger partial charge in [-0.25, -0.2) is 0 Å². The Labute approximate surface area is 130 Å². The average Bonchev–Trinajstić information content (AvgIpc) is 2.41. The monoisotopic (exact) mass is 344 g/mol. The van der Waals surface area contributed by atoms with Crippen LogP contribution in [0.3, 0.4) is 0 Å². The highest BCUT2D eigenvalue weighted by molar-refractivity contribution is 9.10. The van der Waals surface area contributed by atoms with Gasteiger partial charge < -0.3 is 20.1 Å². The summed E-state index contributed by atoms with van der Waals surface area (Å²) >= 11 is 3.62. The largest absolute Gasteiger partial charge is 0.395 e. The molecule has 0 bridgehead atoms. The summed E-state index contributed by atoms with van der Waals surface area (Å²) in [6, 6.07) is 6.81. The van der Waals surface area contributed by atoms with Crippen molar-refractivity contribution in [1.82, 2.24) is 5.32 Å². The van der Waals surface area contributed by atoms with Crippen LogP contribution in [-0.2, 0) is 11.3 Å². The van der Waals surface area contributed by atoms with E-state index in [-0.39, 0.29) is 6.61 Å². The second kappa shape index (κ2) is 9.34. The Morgan fingerprint density at radius 3 is 2.65 bits per heavy atom. The first-order valence-corrected chi connectivity index (χ1v) is 7.74. The minimum atomic E-state index is 0.132. The van der Waals surface area contributed by atoms with Gasteiger partial charge in [-0.1, -0.05) is 19.9 Å². The van der Waals surface area contributed by atoms with E-state index in [1.807, 2.05) is 0 Å². The third-order valence-electron chi connectivity index (χ3n) is 3.00. The van der Waals surface area contributed by atoms with Crippen molar-refractivity contribution in [2.24, 2.45) is 0 Å². The first-order chi connectivity index (χ1) is 9.58. The molecule has 0 aliphatic carbocycles. The van der Waals surface area contributed by atoms with E-state index in [1.54, 1.807) is 7.11 Å². The van der Waals surface area contributed by atoms with E-state index in [2.05, 4.69) is 58.2 Å². The molecule has 1 aromatic carbocycles. The summed E-state index contributed by atoms with van der Waals surface area (Å²) in [5.41, 5.74) is 2.33. The van der Waals surface area contributed by atoms with E-state index in [0.29, 0.717) is 19.2 Å². The van der Waals surface area contributed by atoms with Crippen LogP contribution in [0.2, 0.25) is 0 Å². The lowest BCUT2D eigenvalue weighted by molar-refractivity contribution is 0.203. The van der Waals surface area contributed by atoms with Crippen molar-refractivity contribution in [3.8, 4) is 0 Å². The second-order valence-electron chi connectivity index (χ2n) is 5.02. The second-order valence-corrected chi connectivity index (χ2v) is 5.88. The van der Waals surface area contributed by atoms with Gasteiger partial charge in [-0.05, 0) is 33.6 Å². The predicted molar refractivity (Wildman–Crippen MR) is 87.3 cm³/mol. The highest BCUT2D eigenvalue weighted by Crippen LogP contribution is 2.27. The molecule has 20 heavy (non-hydrogen) atoms. The van der Waals surface area contributed by atoms with Crippen molar-refractivity contribution in [2.75, 3.05) is 38.3 Å². The number of rotatable bonds is 9. The third-order valence-corrected chi connectivity index (χ3v) is 3.64. The Balaban J connectivity index is 2.77. The molecule has 4 nitrogen and oxygen atoms in total. The molecule has 0 spiro atoms. The number of nitrogens with zero attached hydrogens (tertiary/aromatic N) is 1. The summed E-state index contributed by atoms with van der Waals surface area (Å²) in [7, 11) is 1.69. The van der Waals surface area contributed by atoms with Crippen LogP contribution in [0.15, 0.2) is 22.7 Å². The Morgan fingerprint density at radius 2 is 2.10 bits per heavy atom. The maximum Gasteiger partial charge on any atom is 0.0637 e. The topological polar surface area (TPSA) is 44.7 Å². The number of nitrogens with one attached hydrogen (secondary N) is 1. The van der Waals surface area contributed by atoms with Gasteiger partial charge in [-0.15, -0.1) is 0 Å². The molecule has 0 aliphatic rings. The van der Waals surface area contributed by atoms with Crippen molar-refractivity contribution >= 4 is 21.6 Å². The number of hydrogen-bond donors (Lipinski definition) is 2. The fraction of sp³-hybridized carbons (Fsp3) is 0.600. The molecule has 0 radical (unpaired) electrons. The molecule has 0 aliphatic heterocycles. The first-order valence-electron chi connectivity index (χ1n) is 6.95. The predicted octanol–water partition coefficient (Wildman–Crippen LogP) is 2.39. The lowest BCUT2D eigenvalue weighted by atomic mass is 10.2. The number of halogens is 1. The molecule has 5 heteroatoms. The number of aliphatic hydroxyl groups excluding tert-OH is 1. The normalized spacial score (nSPS) is 11.1. The Kier molecular flexibility index (Phi) is 8.14. The lowest BCUT2D eigenvalue weighted by Crippen LogP contribution is -2.30. The maximum atomic E-state index is 9.18. The molecule has 0 unspecified atom stereocenters. The molecule has 114 valence electrons. The molecule has 0 aromatic heterocycles. The summed E-state index contributed by atoms with van der Waals surface area (Å²) in [6.07, 6.45) is 0. The van der Waals surface area contributed by atoms with Crippen molar-refractivity contribution < 1.29 is 9.84 Å². The van der Waals surface area contributed by atoms with E-state index in [0.717, 1.165) is 23.2 Å². The molecule has 0 fully saturated rings. The Hall–Kier alpha value is -0.620. The van der Waals surface area contributed by atoms with Gasteiger partial charge in [-0.3, -0.25) is 0 Å². The van der Waals surface area contributed by atoms with Crippen LogP contribution < -0.4 is 10.2 Å². The van der Waals surface area contributed by atoms with Crippen LogP contribution in [0.1, 0.15) is 19.4 Å². The summed E-state index contributed by atoms with van der Waals surface area (Å²) in [5.74, 6) is 0. The third kappa shape index (κ3) is 5.79. The van der Waals surface area contributed by atoms with Crippen molar-refractivity contribution in [3.05, 3.63) is 28.2 Å². The quantitative estimate of drug-likeness (QED) is 0.721. The Morgan fingerprint density at radius 1 is 1.35 bits per heavy atom. The first kappa shape index (κ1) is 17.4. The van der Waals surface area contributed by atoms with E-state index >= 15 is 0 Å². The maximum absolute atomic E-state index is 9.18. The van der Waals surface area contributed by atoms with Crippen molar-refractivity contribution in [1.29, 1.82) is 0 Å². The molecule has 0 saturated carbocycles. The number of methoxy groups -OCH3 is 1. The van der Waals surface area contributed by atoms with E-state index < -0.39 is 0 Å². The number of hydrogen-bond acceptors (Lipinski definition) is 4. The molecule has 0 atom stereocenters. The van der Waals surface area contributed by atoms with Crippen LogP contribution in [0, 0.1) is 0 Å². The van der Waals surface area contributed by atoms with Crippen LogP contribution in [0.25, 0.3) is 0 Å². The number of anilines is 1. The minimum Gasteiger partial charge on any atom is -0.395 e. The van der Waals surface area contributed by atoms with E-state index in [4.69, 9.17) is 4.74 Å². The van der Waals surface area contributed by atoms with Gasteiger partial charge in [0.25, 0.3) is 0 Å². The molecule has 2 N–H and O–H groups in total. The molecular weight excluding hydrogens is 320 g/mol. The smallest absolute Gasteiger partial charge is 0.0637 e. The minimum absolute atomic E-state index is 0.132. The highest BCUT2D eigenvalue weighted by Gasteiger charge is 2.10. The van der Waals surface area contributed by atoms with Crippen LogP contribution >= 0.6 is 15.9 Å². The summed E-state index contributed by atoms with van der Waals surface area (Å²) in [6.45, 7) is 7.27. The van der Waals surface area contributed by atoms with Crippen LogP contribution in [0.5, 0.6) is 0 Å². The SMILES string of the molecule is COCCN(CCO)c1ccc(CNC(C)C)cc1Br. The van der Waals surface area contributed by atoms with Gasteiger partial charge in [-0.2, -0.15) is 0 Å². The fourth-order valence-electron chi connectivity index (χ4n) is 1.91.